The van der Waals surface area contributed by atoms with Gasteiger partial charge in [-0.05, 0) is 46.6 Å². The predicted molar refractivity (Wildman–Crippen MR) is 125 cm³/mol. The van der Waals surface area contributed by atoms with Crippen molar-refractivity contribution in [1.82, 2.24) is 10.6 Å². The highest BCUT2D eigenvalue weighted by molar-refractivity contribution is 14.0. The first kappa shape index (κ1) is 22.4. The number of nitrogens with zero attached hydrogens (tertiary/aromatic N) is 3. The molecule has 5 nitrogen and oxygen atoms in total. The first-order valence-corrected chi connectivity index (χ1v) is 9.55. The van der Waals surface area contributed by atoms with Crippen molar-refractivity contribution in [2.24, 2.45) is 4.99 Å². The molecule has 1 aliphatic rings. The van der Waals surface area contributed by atoms with Crippen LogP contribution in [0.4, 0.5) is 10.1 Å². The summed E-state index contributed by atoms with van der Waals surface area (Å²) in [6.07, 6.45) is 0.993. The van der Waals surface area contributed by atoms with E-state index in [2.05, 4.69) is 42.5 Å². The Hall–Kier alpha value is -1.86. The highest BCUT2D eigenvalue weighted by Gasteiger charge is 2.24. The van der Waals surface area contributed by atoms with Crippen LogP contribution in [-0.4, -0.2) is 32.1 Å². The summed E-state index contributed by atoms with van der Waals surface area (Å²) in [5, 5.41) is 15.4. The molecule has 0 bridgehead atoms. The number of nitrogens with one attached hydrogen (secondary N) is 2. The van der Waals surface area contributed by atoms with Crippen molar-refractivity contribution in [2.75, 3.05) is 25.0 Å². The van der Waals surface area contributed by atoms with Gasteiger partial charge in [-0.25, -0.2) is 4.39 Å². The van der Waals surface area contributed by atoms with Gasteiger partial charge >= 0.3 is 0 Å². The van der Waals surface area contributed by atoms with Crippen LogP contribution in [0.3, 0.4) is 0 Å². The zero-order chi connectivity index (χ0) is 19.2. The largest absolute Gasteiger partial charge is 0.368 e. The summed E-state index contributed by atoms with van der Waals surface area (Å²) in [5.74, 6) is 0.246. The van der Waals surface area contributed by atoms with Crippen molar-refractivity contribution in [2.45, 2.75) is 19.0 Å². The first-order chi connectivity index (χ1) is 13.1. The number of anilines is 1. The van der Waals surface area contributed by atoms with Gasteiger partial charge in [0.05, 0.1) is 17.3 Å². The van der Waals surface area contributed by atoms with Crippen LogP contribution in [0.2, 0.25) is 0 Å². The second-order valence-electron chi connectivity index (χ2n) is 6.37. The summed E-state index contributed by atoms with van der Waals surface area (Å²) < 4.78 is 15.1. The average Bonchev–Trinajstić information content (AvgIpc) is 3.14. The monoisotopic (exact) mass is 557 g/mol. The van der Waals surface area contributed by atoms with E-state index in [0.717, 1.165) is 24.0 Å². The lowest BCUT2D eigenvalue weighted by Crippen LogP contribution is -2.44. The molecule has 8 heteroatoms. The minimum atomic E-state index is -0.391. The van der Waals surface area contributed by atoms with Gasteiger partial charge < -0.3 is 15.5 Å². The number of hydrogen-bond donors (Lipinski definition) is 2. The maximum absolute atomic E-state index is 14.0. The van der Waals surface area contributed by atoms with Crippen LogP contribution in [0.5, 0.6) is 0 Å². The molecule has 1 aliphatic heterocycles. The third-order valence-electron chi connectivity index (χ3n) is 4.57. The molecule has 1 saturated heterocycles. The number of para-hydroxylation sites is 1. The molecule has 1 atom stereocenters. The maximum atomic E-state index is 14.0. The standard InChI is InChI=1S/C20H21BrFN5.HI/c1-24-20(25-12-15-7-6-14(11-23)10-18(15)22)26-16-8-9-27(13-16)19-5-3-2-4-17(19)21;/h2-7,10,16H,8-9,12-13H2,1H3,(H2,24,25,26);1H. The van der Waals surface area contributed by atoms with Crippen LogP contribution in [0.1, 0.15) is 17.5 Å². The van der Waals surface area contributed by atoms with Crippen LogP contribution in [0.15, 0.2) is 51.9 Å². The van der Waals surface area contributed by atoms with Crippen LogP contribution in [-0.2, 0) is 6.54 Å². The fourth-order valence-electron chi connectivity index (χ4n) is 3.13. The number of rotatable bonds is 4. The van der Waals surface area contributed by atoms with Crippen molar-refractivity contribution in [3.05, 3.63) is 63.9 Å². The highest BCUT2D eigenvalue weighted by atomic mass is 127. The minimum Gasteiger partial charge on any atom is -0.368 e. The normalized spacial score (nSPS) is 16.3. The van der Waals surface area contributed by atoms with Crippen molar-refractivity contribution in [3.63, 3.8) is 0 Å². The SMILES string of the molecule is CN=C(NCc1ccc(C#N)cc1F)NC1CCN(c2ccccc2Br)C1.I. The van der Waals surface area contributed by atoms with Crippen LogP contribution >= 0.6 is 39.9 Å². The molecule has 28 heavy (non-hydrogen) atoms. The van der Waals surface area contributed by atoms with E-state index in [0.29, 0.717) is 23.6 Å². The molecule has 1 heterocycles. The first-order valence-electron chi connectivity index (χ1n) is 8.76. The Morgan fingerprint density at radius 3 is 2.82 bits per heavy atom. The summed E-state index contributed by atoms with van der Waals surface area (Å²) in [6, 6.07) is 14.9. The third kappa shape index (κ3) is 5.58. The Bertz CT molecular complexity index is 883. The number of guanidine groups is 1. The Kier molecular flexibility index (Phi) is 8.51. The van der Waals surface area contributed by atoms with E-state index in [1.807, 2.05) is 24.3 Å². The summed E-state index contributed by atoms with van der Waals surface area (Å²) in [4.78, 5) is 6.57. The van der Waals surface area contributed by atoms with Crippen molar-refractivity contribution in [3.8, 4) is 6.07 Å². The average molecular weight is 558 g/mol. The summed E-state index contributed by atoms with van der Waals surface area (Å²) in [6.45, 7) is 2.13. The molecular weight excluding hydrogens is 536 g/mol. The number of halogens is 3. The number of nitriles is 1. The smallest absolute Gasteiger partial charge is 0.191 e. The van der Waals surface area contributed by atoms with E-state index >= 15 is 0 Å². The molecule has 1 unspecified atom stereocenters. The Morgan fingerprint density at radius 2 is 2.14 bits per heavy atom. The number of hydrogen-bond acceptors (Lipinski definition) is 3. The quantitative estimate of drug-likeness (QED) is 0.338. The van der Waals surface area contributed by atoms with E-state index in [-0.39, 0.29) is 30.0 Å². The third-order valence-corrected chi connectivity index (χ3v) is 5.24. The van der Waals surface area contributed by atoms with Crippen molar-refractivity contribution < 1.29 is 4.39 Å². The van der Waals surface area contributed by atoms with Gasteiger partial charge in [0.1, 0.15) is 5.82 Å². The lowest BCUT2D eigenvalue weighted by Gasteiger charge is -2.21. The van der Waals surface area contributed by atoms with Crippen molar-refractivity contribution in [1.29, 1.82) is 5.26 Å². The lowest BCUT2D eigenvalue weighted by atomic mass is 10.1. The molecule has 0 aliphatic carbocycles. The molecule has 0 amide bonds. The lowest BCUT2D eigenvalue weighted by molar-refractivity contribution is 0.600. The molecule has 0 saturated carbocycles. The van der Waals surface area contributed by atoms with Crippen LogP contribution in [0, 0.1) is 17.1 Å². The second kappa shape index (κ2) is 10.6. The van der Waals surface area contributed by atoms with E-state index in [1.54, 1.807) is 19.2 Å². The van der Waals surface area contributed by atoms with Gasteiger partial charge in [-0.3, -0.25) is 4.99 Å². The van der Waals surface area contributed by atoms with Gasteiger partial charge in [-0.2, -0.15) is 5.26 Å². The summed E-state index contributed by atoms with van der Waals surface area (Å²) in [7, 11) is 1.70. The van der Waals surface area contributed by atoms with Crippen molar-refractivity contribution >= 4 is 51.6 Å². The molecule has 2 aromatic rings. The fraction of sp³-hybridized carbons (Fsp3) is 0.300. The zero-order valence-corrected chi connectivity index (χ0v) is 19.4. The molecule has 2 N–H and O–H groups in total. The summed E-state index contributed by atoms with van der Waals surface area (Å²) >= 11 is 3.60. The van der Waals surface area contributed by atoms with Crippen LogP contribution < -0.4 is 15.5 Å². The van der Waals surface area contributed by atoms with Gasteiger partial charge in [0.25, 0.3) is 0 Å². The Balaban J connectivity index is 0.00000280. The van der Waals surface area contributed by atoms with Gasteiger partial charge in [0.2, 0.25) is 0 Å². The van der Waals surface area contributed by atoms with E-state index in [9.17, 15) is 4.39 Å². The van der Waals surface area contributed by atoms with E-state index in [4.69, 9.17) is 5.26 Å². The molecule has 3 rings (SSSR count). The molecule has 2 aromatic carbocycles. The molecule has 0 aromatic heterocycles. The molecule has 148 valence electrons. The molecule has 0 radical (unpaired) electrons. The molecule has 1 fully saturated rings. The van der Waals surface area contributed by atoms with E-state index < -0.39 is 5.82 Å². The van der Waals surface area contributed by atoms with Crippen LogP contribution in [0.25, 0.3) is 0 Å². The molecule has 0 spiro atoms. The number of benzene rings is 2. The van der Waals surface area contributed by atoms with E-state index in [1.165, 1.54) is 11.8 Å². The number of aliphatic imine (C=N–C) groups is 1. The Morgan fingerprint density at radius 1 is 1.36 bits per heavy atom. The Labute approximate surface area is 190 Å². The summed E-state index contributed by atoms with van der Waals surface area (Å²) in [5.41, 5.74) is 2.00. The zero-order valence-electron chi connectivity index (χ0n) is 15.5. The minimum absolute atomic E-state index is 0. The molecular formula is C20H22BrFIN5. The highest BCUT2D eigenvalue weighted by Crippen LogP contribution is 2.28. The second-order valence-corrected chi connectivity index (χ2v) is 7.23. The maximum Gasteiger partial charge on any atom is 0.191 e. The van der Waals surface area contributed by atoms with Gasteiger partial charge in [-0.1, -0.05) is 18.2 Å². The van der Waals surface area contributed by atoms with Gasteiger partial charge in [0, 0.05) is 42.8 Å². The van der Waals surface area contributed by atoms with Gasteiger partial charge in [-0.15, -0.1) is 24.0 Å². The fourth-order valence-corrected chi connectivity index (χ4v) is 3.67. The van der Waals surface area contributed by atoms with Gasteiger partial charge in [0.15, 0.2) is 5.96 Å². The predicted octanol–water partition coefficient (Wildman–Crippen LogP) is 4.02. The topological polar surface area (TPSA) is 63.5 Å².